The van der Waals surface area contributed by atoms with Gasteiger partial charge in [0.2, 0.25) is 0 Å². The number of carboxylic acids is 1. The maximum absolute atomic E-state index is 13.5. The highest BCUT2D eigenvalue weighted by molar-refractivity contribution is 6.04. The van der Waals surface area contributed by atoms with Crippen molar-refractivity contribution in [3.63, 3.8) is 0 Å². The first kappa shape index (κ1) is 16.6. The van der Waals surface area contributed by atoms with E-state index in [0.717, 1.165) is 12.1 Å². The number of ether oxygens (including phenoxy) is 2. The molecule has 128 valence electrons. The van der Waals surface area contributed by atoms with Crippen molar-refractivity contribution in [3.8, 4) is 22.8 Å². The maximum Gasteiger partial charge on any atom is 0.336 e. The van der Waals surface area contributed by atoms with E-state index < -0.39 is 17.6 Å². The summed E-state index contributed by atoms with van der Waals surface area (Å²) in [4.78, 5) is 16.0. The van der Waals surface area contributed by atoms with Gasteiger partial charge in [-0.2, -0.15) is 0 Å². The van der Waals surface area contributed by atoms with E-state index in [1.165, 1.54) is 38.5 Å². The van der Waals surface area contributed by atoms with E-state index in [0.29, 0.717) is 22.4 Å². The summed E-state index contributed by atoms with van der Waals surface area (Å²) in [6, 6.07) is 7.62. The summed E-state index contributed by atoms with van der Waals surface area (Å²) in [5.41, 5.74) is 0.761. The molecule has 5 nitrogen and oxygen atoms in total. The predicted molar refractivity (Wildman–Crippen MR) is 87.2 cm³/mol. The second-order valence-corrected chi connectivity index (χ2v) is 5.21. The Morgan fingerprint density at radius 2 is 1.68 bits per heavy atom. The molecule has 0 saturated heterocycles. The minimum absolute atomic E-state index is 0.0364. The standard InChI is InChI=1S/C18H13F2NO4/c1-24-16-7-10-11(18(22)23)6-14(21-15(10)8-17(16)25-2)9-3-4-12(19)13(20)5-9/h3-8H,1-2H3,(H,22,23). The molecule has 0 bridgehead atoms. The lowest BCUT2D eigenvalue weighted by Crippen LogP contribution is -2.02. The van der Waals surface area contributed by atoms with Crippen molar-refractivity contribution in [2.45, 2.75) is 0 Å². The topological polar surface area (TPSA) is 68.7 Å². The lowest BCUT2D eigenvalue weighted by molar-refractivity contribution is 0.0699. The zero-order valence-electron chi connectivity index (χ0n) is 13.3. The van der Waals surface area contributed by atoms with Crippen LogP contribution in [0.25, 0.3) is 22.2 Å². The molecule has 0 unspecified atom stereocenters. The average Bonchev–Trinajstić information content (AvgIpc) is 2.61. The molecular weight excluding hydrogens is 332 g/mol. The van der Waals surface area contributed by atoms with Crippen molar-refractivity contribution in [1.82, 2.24) is 4.98 Å². The lowest BCUT2D eigenvalue weighted by Gasteiger charge is -2.12. The Bertz CT molecular complexity index is 988. The Kier molecular flexibility index (Phi) is 4.22. The molecule has 7 heteroatoms. The zero-order chi connectivity index (χ0) is 18.1. The minimum Gasteiger partial charge on any atom is -0.493 e. The van der Waals surface area contributed by atoms with Gasteiger partial charge in [-0.05, 0) is 30.3 Å². The third-order valence-electron chi connectivity index (χ3n) is 3.76. The molecule has 0 aliphatic rings. The lowest BCUT2D eigenvalue weighted by atomic mass is 10.0. The molecule has 3 aromatic rings. The summed E-state index contributed by atoms with van der Waals surface area (Å²) in [6.07, 6.45) is 0. The average molecular weight is 345 g/mol. The van der Waals surface area contributed by atoms with Crippen LogP contribution in [0.4, 0.5) is 8.78 Å². The minimum atomic E-state index is -1.18. The first-order chi connectivity index (χ1) is 11.9. The van der Waals surface area contributed by atoms with Crippen LogP contribution in [-0.4, -0.2) is 30.3 Å². The molecule has 0 saturated carbocycles. The van der Waals surface area contributed by atoms with Crippen molar-refractivity contribution in [2.24, 2.45) is 0 Å². The van der Waals surface area contributed by atoms with E-state index in [-0.39, 0.29) is 16.8 Å². The number of rotatable bonds is 4. The summed E-state index contributed by atoms with van der Waals surface area (Å²) in [5.74, 6) is -2.47. The molecule has 3 rings (SSSR count). The molecule has 0 fully saturated rings. The number of carboxylic acid groups (broad SMARTS) is 1. The Hall–Kier alpha value is -3.22. The largest absolute Gasteiger partial charge is 0.493 e. The number of hydrogen-bond acceptors (Lipinski definition) is 4. The van der Waals surface area contributed by atoms with Crippen LogP contribution in [0.5, 0.6) is 11.5 Å². The Balaban J connectivity index is 2.31. The molecular formula is C18H13F2NO4. The highest BCUT2D eigenvalue weighted by Gasteiger charge is 2.17. The molecule has 1 N–H and O–H groups in total. The second-order valence-electron chi connectivity index (χ2n) is 5.21. The van der Waals surface area contributed by atoms with Gasteiger partial charge in [0.1, 0.15) is 0 Å². The second kappa shape index (κ2) is 6.35. The number of nitrogens with zero attached hydrogens (tertiary/aromatic N) is 1. The molecule has 0 amide bonds. The van der Waals surface area contributed by atoms with Gasteiger partial charge in [0.15, 0.2) is 23.1 Å². The van der Waals surface area contributed by atoms with Crippen LogP contribution in [0, 0.1) is 11.6 Å². The van der Waals surface area contributed by atoms with Crippen LogP contribution in [0.1, 0.15) is 10.4 Å². The van der Waals surface area contributed by atoms with Gasteiger partial charge in [-0.3, -0.25) is 0 Å². The van der Waals surface area contributed by atoms with Crippen LogP contribution in [0.15, 0.2) is 36.4 Å². The fourth-order valence-electron chi connectivity index (χ4n) is 2.53. The van der Waals surface area contributed by atoms with Crippen molar-refractivity contribution in [1.29, 1.82) is 0 Å². The van der Waals surface area contributed by atoms with Gasteiger partial charge < -0.3 is 14.6 Å². The number of fused-ring (bicyclic) bond motifs is 1. The van der Waals surface area contributed by atoms with E-state index in [1.807, 2.05) is 0 Å². The molecule has 0 aliphatic heterocycles. The number of halogens is 2. The number of methoxy groups -OCH3 is 2. The molecule has 0 radical (unpaired) electrons. The number of carbonyl (C=O) groups is 1. The molecule has 2 aromatic carbocycles. The molecule has 25 heavy (non-hydrogen) atoms. The van der Waals surface area contributed by atoms with Crippen molar-refractivity contribution >= 4 is 16.9 Å². The van der Waals surface area contributed by atoms with Gasteiger partial charge in [0, 0.05) is 17.0 Å². The molecule has 1 aromatic heterocycles. The number of aromatic nitrogens is 1. The zero-order valence-corrected chi connectivity index (χ0v) is 13.3. The van der Waals surface area contributed by atoms with Crippen molar-refractivity contribution in [3.05, 3.63) is 53.6 Å². The number of aromatic carboxylic acids is 1. The monoisotopic (exact) mass is 345 g/mol. The van der Waals surface area contributed by atoms with Gasteiger partial charge in [0.05, 0.1) is 31.0 Å². The van der Waals surface area contributed by atoms with Crippen molar-refractivity contribution < 1.29 is 28.2 Å². The highest BCUT2D eigenvalue weighted by Crippen LogP contribution is 2.34. The quantitative estimate of drug-likeness (QED) is 0.777. The molecule has 0 spiro atoms. The van der Waals surface area contributed by atoms with E-state index in [4.69, 9.17) is 9.47 Å². The highest BCUT2D eigenvalue weighted by atomic mass is 19.2. The SMILES string of the molecule is COc1cc2nc(-c3ccc(F)c(F)c3)cc(C(=O)O)c2cc1OC. The fourth-order valence-corrected chi connectivity index (χ4v) is 2.53. The van der Waals surface area contributed by atoms with Gasteiger partial charge in [-0.1, -0.05) is 0 Å². The van der Waals surface area contributed by atoms with E-state index in [9.17, 15) is 18.7 Å². The van der Waals surface area contributed by atoms with Crippen LogP contribution in [0.2, 0.25) is 0 Å². The first-order valence-electron chi connectivity index (χ1n) is 7.20. The van der Waals surface area contributed by atoms with Crippen LogP contribution in [0.3, 0.4) is 0 Å². The van der Waals surface area contributed by atoms with Gasteiger partial charge in [0.25, 0.3) is 0 Å². The number of pyridine rings is 1. The summed E-state index contributed by atoms with van der Waals surface area (Å²) < 4.78 is 37.0. The summed E-state index contributed by atoms with van der Waals surface area (Å²) in [7, 11) is 2.88. The Morgan fingerprint density at radius 1 is 1.00 bits per heavy atom. The van der Waals surface area contributed by atoms with Crippen LogP contribution >= 0.6 is 0 Å². The molecule has 0 aliphatic carbocycles. The summed E-state index contributed by atoms with van der Waals surface area (Å²) in [5, 5.41) is 9.85. The summed E-state index contributed by atoms with van der Waals surface area (Å²) in [6.45, 7) is 0. The third kappa shape index (κ3) is 2.96. The fraction of sp³-hybridized carbons (Fsp3) is 0.111. The predicted octanol–water partition coefficient (Wildman–Crippen LogP) is 3.90. The summed E-state index contributed by atoms with van der Waals surface area (Å²) >= 11 is 0. The molecule has 0 atom stereocenters. The first-order valence-corrected chi connectivity index (χ1v) is 7.20. The number of benzene rings is 2. The number of hydrogen-bond donors (Lipinski definition) is 1. The van der Waals surface area contributed by atoms with E-state index in [1.54, 1.807) is 0 Å². The van der Waals surface area contributed by atoms with Gasteiger partial charge in [-0.25, -0.2) is 18.6 Å². The maximum atomic E-state index is 13.5. The third-order valence-corrected chi connectivity index (χ3v) is 3.76. The smallest absolute Gasteiger partial charge is 0.336 e. The van der Waals surface area contributed by atoms with E-state index >= 15 is 0 Å². The Morgan fingerprint density at radius 3 is 2.28 bits per heavy atom. The van der Waals surface area contributed by atoms with E-state index in [2.05, 4.69) is 4.98 Å². The van der Waals surface area contributed by atoms with Gasteiger partial charge >= 0.3 is 5.97 Å². The molecule has 1 heterocycles. The van der Waals surface area contributed by atoms with Crippen molar-refractivity contribution in [2.75, 3.05) is 14.2 Å². The Labute approximate surface area is 141 Å². The van der Waals surface area contributed by atoms with Crippen LogP contribution < -0.4 is 9.47 Å². The normalized spacial score (nSPS) is 10.7. The van der Waals surface area contributed by atoms with Gasteiger partial charge in [-0.15, -0.1) is 0 Å². The van der Waals surface area contributed by atoms with Crippen LogP contribution in [-0.2, 0) is 0 Å².